The maximum absolute atomic E-state index is 12.5. The molecule has 0 amide bonds. The number of ether oxygens (including phenoxy) is 1. The summed E-state index contributed by atoms with van der Waals surface area (Å²) in [5.74, 6) is 1.86. The Labute approximate surface area is 189 Å². The molecule has 33 heavy (non-hydrogen) atoms. The lowest BCUT2D eigenvalue weighted by Gasteiger charge is -2.10. The molecular formula is C27H20N4O2. The van der Waals surface area contributed by atoms with Gasteiger partial charge in [0.25, 0.3) is 0 Å². The molecule has 0 bridgehead atoms. The smallest absolute Gasteiger partial charge is 0.220 e. The van der Waals surface area contributed by atoms with E-state index in [-0.39, 0.29) is 5.43 Å². The van der Waals surface area contributed by atoms with E-state index in [9.17, 15) is 4.79 Å². The number of nitrogens with zero attached hydrogens (tertiary/aromatic N) is 3. The fourth-order valence-electron chi connectivity index (χ4n) is 4.40. The molecule has 2 aromatic carbocycles. The highest BCUT2D eigenvalue weighted by molar-refractivity contribution is 6.09. The quantitative estimate of drug-likeness (QED) is 0.382. The molecule has 4 heterocycles. The highest BCUT2D eigenvalue weighted by Gasteiger charge is 2.14. The first-order valence-corrected chi connectivity index (χ1v) is 10.7. The van der Waals surface area contributed by atoms with Gasteiger partial charge in [-0.25, -0.2) is 9.97 Å². The van der Waals surface area contributed by atoms with Gasteiger partial charge in [0.15, 0.2) is 0 Å². The zero-order chi connectivity index (χ0) is 22.5. The largest absolute Gasteiger partial charge is 0.439 e. The van der Waals surface area contributed by atoms with E-state index < -0.39 is 0 Å². The number of aryl methyl sites for hydroxylation is 2. The molecule has 6 aromatic rings. The van der Waals surface area contributed by atoms with Gasteiger partial charge in [-0.05, 0) is 49.7 Å². The van der Waals surface area contributed by atoms with Crippen LogP contribution in [-0.4, -0.2) is 19.5 Å². The van der Waals surface area contributed by atoms with Crippen molar-refractivity contribution in [2.24, 2.45) is 0 Å². The Morgan fingerprint density at radius 3 is 2.55 bits per heavy atom. The Morgan fingerprint density at radius 2 is 1.70 bits per heavy atom. The minimum atomic E-state index is -0.125. The van der Waals surface area contributed by atoms with Crippen molar-refractivity contribution in [1.82, 2.24) is 19.5 Å². The summed E-state index contributed by atoms with van der Waals surface area (Å²) in [5.41, 5.74) is 4.75. The van der Waals surface area contributed by atoms with Crippen molar-refractivity contribution in [2.75, 3.05) is 0 Å². The Hall–Kier alpha value is -4.45. The number of hydrogen-bond acceptors (Lipinski definition) is 4. The first-order valence-electron chi connectivity index (χ1n) is 10.7. The number of rotatable bonds is 3. The van der Waals surface area contributed by atoms with E-state index in [1.165, 1.54) is 0 Å². The molecule has 0 aliphatic heterocycles. The van der Waals surface area contributed by atoms with E-state index in [4.69, 9.17) is 4.74 Å². The van der Waals surface area contributed by atoms with E-state index in [0.717, 1.165) is 44.4 Å². The summed E-state index contributed by atoms with van der Waals surface area (Å²) in [6.07, 6.45) is 1.79. The summed E-state index contributed by atoms with van der Waals surface area (Å²) in [4.78, 5) is 24.8. The number of fused-ring (bicyclic) bond motifs is 4. The fourth-order valence-corrected chi connectivity index (χ4v) is 4.40. The number of aromatic nitrogens is 4. The molecule has 6 nitrogen and oxygen atoms in total. The number of para-hydroxylation sites is 1. The lowest BCUT2D eigenvalue weighted by atomic mass is 10.1. The molecule has 6 heteroatoms. The van der Waals surface area contributed by atoms with E-state index in [2.05, 4.69) is 37.7 Å². The average molecular weight is 432 g/mol. The molecule has 6 rings (SSSR count). The second kappa shape index (κ2) is 7.31. The number of nitrogens with one attached hydrogen (secondary N) is 1. The van der Waals surface area contributed by atoms with Gasteiger partial charge in [-0.2, -0.15) is 0 Å². The van der Waals surface area contributed by atoms with Crippen LogP contribution in [0.25, 0.3) is 38.7 Å². The van der Waals surface area contributed by atoms with Crippen LogP contribution in [0.2, 0.25) is 0 Å². The molecule has 160 valence electrons. The van der Waals surface area contributed by atoms with E-state index >= 15 is 0 Å². The van der Waals surface area contributed by atoms with E-state index in [1.54, 1.807) is 12.3 Å². The molecule has 0 saturated heterocycles. The number of H-pyrrole nitrogens is 1. The summed E-state index contributed by atoms with van der Waals surface area (Å²) >= 11 is 0. The van der Waals surface area contributed by atoms with Crippen LogP contribution < -0.4 is 10.2 Å². The van der Waals surface area contributed by atoms with Crippen LogP contribution in [0.3, 0.4) is 0 Å². The van der Waals surface area contributed by atoms with Crippen LogP contribution in [0.1, 0.15) is 11.3 Å². The zero-order valence-electron chi connectivity index (χ0n) is 18.2. The van der Waals surface area contributed by atoms with Crippen LogP contribution >= 0.6 is 0 Å². The number of hydrogen-bond donors (Lipinski definition) is 1. The Balaban J connectivity index is 1.52. The third-order valence-electron chi connectivity index (χ3n) is 5.84. The van der Waals surface area contributed by atoms with Gasteiger partial charge in [-0.1, -0.05) is 24.3 Å². The topological polar surface area (TPSA) is 72.8 Å². The lowest BCUT2D eigenvalue weighted by Crippen LogP contribution is -2.07. The summed E-state index contributed by atoms with van der Waals surface area (Å²) in [6, 6.07) is 23.5. The average Bonchev–Trinajstić information content (AvgIpc) is 3.14. The highest BCUT2D eigenvalue weighted by Crippen LogP contribution is 2.34. The third kappa shape index (κ3) is 3.15. The Kier molecular flexibility index (Phi) is 4.26. The number of benzene rings is 2. The van der Waals surface area contributed by atoms with Crippen molar-refractivity contribution in [3.05, 3.63) is 100 Å². The second-order valence-electron chi connectivity index (χ2n) is 8.14. The molecule has 0 aliphatic rings. The van der Waals surface area contributed by atoms with E-state index in [0.29, 0.717) is 17.1 Å². The molecule has 0 radical (unpaired) electrons. The molecule has 0 atom stereocenters. The van der Waals surface area contributed by atoms with Gasteiger partial charge < -0.3 is 9.72 Å². The van der Waals surface area contributed by atoms with Gasteiger partial charge in [-0.15, -0.1) is 0 Å². The van der Waals surface area contributed by atoms with Crippen LogP contribution in [0, 0.1) is 13.8 Å². The first-order chi connectivity index (χ1) is 16.1. The minimum absolute atomic E-state index is 0.125. The van der Waals surface area contributed by atoms with Gasteiger partial charge >= 0.3 is 0 Å². The Bertz CT molecular complexity index is 1730. The van der Waals surface area contributed by atoms with Crippen molar-refractivity contribution < 1.29 is 4.74 Å². The molecule has 0 spiro atoms. The van der Waals surface area contributed by atoms with Crippen LogP contribution in [0.5, 0.6) is 11.6 Å². The summed E-state index contributed by atoms with van der Waals surface area (Å²) in [6.45, 7) is 3.80. The minimum Gasteiger partial charge on any atom is -0.439 e. The van der Waals surface area contributed by atoms with Crippen LogP contribution in [0.15, 0.2) is 83.8 Å². The molecule has 4 aromatic heterocycles. The van der Waals surface area contributed by atoms with Gasteiger partial charge in [0.2, 0.25) is 11.3 Å². The number of aromatic amines is 1. The molecule has 1 N–H and O–H groups in total. The summed E-state index contributed by atoms with van der Waals surface area (Å²) in [5, 5.41) is 2.25. The lowest BCUT2D eigenvalue weighted by molar-refractivity contribution is 0.465. The maximum Gasteiger partial charge on any atom is 0.220 e. The number of pyridine rings is 3. The van der Waals surface area contributed by atoms with Crippen molar-refractivity contribution in [3.8, 4) is 17.4 Å². The van der Waals surface area contributed by atoms with Gasteiger partial charge in [0.05, 0.1) is 16.6 Å². The molecule has 0 unspecified atom stereocenters. The predicted octanol–water partition coefficient (Wildman–Crippen LogP) is 5.82. The Morgan fingerprint density at radius 1 is 0.879 bits per heavy atom. The second-order valence-corrected chi connectivity index (χ2v) is 8.14. The molecular weight excluding hydrogens is 412 g/mol. The summed E-state index contributed by atoms with van der Waals surface area (Å²) in [7, 11) is 0. The van der Waals surface area contributed by atoms with Crippen molar-refractivity contribution in [3.63, 3.8) is 0 Å². The van der Waals surface area contributed by atoms with Crippen LogP contribution in [0.4, 0.5) is 0 Å². The van der Waals surface area contributed by atoms with Crippen LogP contribution in [-0.2, 0) is 0 Å². The fraction of sp³-hybridized carbons (Fsp3) is 0.0741. The SMILES string of the molecule is Cc1cc(=O)c2nc(Oc3ccc4c5ccccc5n(-c5ccccn5)c4c3)cc(C)c2[nH]1. The molecule has 0 saturated carbocycles. The standard InChI is InChI=1S/C27H20N4O2/c1-16-13-25(30-27-23(32)14-17(2)29-26(16)27)33-18-10-11-20-19-7-3-4-8-21(19)31(22(20)15-18)24-9-5-6-12-28-24/h3-15H,1-2H3,(H,29,32). The predicted molar refractivity (Wildman–Crippen MR) is 130 cm³/mol. The monoisotopic (exact) mass is 432 g/mol. The summed E-state index contributed by atoms with van der Waals surface area (Å²) < 4.78 is 8.28. The van der Waals surface area contributed by atoms with Gasteiger partial charge in [-0.3, -0.25) is 9.36 Å². The normalized spacial score (nSPS) is 11.5. The van der Waals surface area contributed by atoms with Crippen molar-refractivity contribution >= 4 is 32.8 Å². The van der Waals surface area contributed by atoms with E-state index in [1.807, 2.05) is 62.4 Å². The maximum atomic E-state index is 12.5. The van der Waals surface area contributed by atoms with Gasteiger partial charge in [0.1, 0.15) is 17.1 Å². The molecule has 0 fully saturated rings. The van der Waals surface area contributed by atoms with Crippen molar-refractivity contribution in [2.45, 2.75) is 13.8 Å². The zero-order valence-corrected chi connectivity index (χ0v) is 18.2. The highest BCUT2D eigenvalue weighted by atomic mass is 16.5. The third-order valence-corrected chi connectivity index (χ3v) is 5.84. The van der Waals surface area contributed by atoms with Gasteiger partial charge in [0, 0.05) is 40.9 Å². The van der Waals surface area contributed by atoms with Crippen molar-refractivity contribution in [1.29, 1.82) is 0 Å². The molecule has 0 aliphatic carbocycles. The first kappa shape index (κ1) is 19.3.